The van der Waals surface area contributed by atoms with Crippen LogP contribution in [-0.4, -0.2) is 28.4 Å². The molecular formula is C22H21F2N3O. The number of para-hydroxylation sites is 1. The molecule has 5 rings (SSSR count). The van der Waals surface area contributed by atoms with E-state index in [0.717, 1.165) is 34.1 Å². The van der Waals surface area contributed by atoms with Gasteiger partial charge >= 0.3 is 6.03 Å². The molecule has 4 nitrogen and oxygen atoms in total. The van der Waals surface area contributed by atoms with Crippen LogP contribution in [0.3, 0.4) is 0 Å². The number of hydrogen-bond acceptors (Lipinski definition) is 1. The highest BCUT2D eigenvalue weighted by atomic mass is 19.3. The summed E-state index contributed by atoms with van der Waals surface area (Å²) in [5.41, 5.74) is 5.02. The van der Waals surface area contributed by atoms with Crippen molar-refractivity contribution in [2.75, 3.05) is 11.9 Å². The third kappa shape index (κ3) is 3.03. The second kappa shape index (κ2) is 6.33. The van der Waals surface area contributed by atoms with Gasteiger partial charge in [-0.1, -0.05) is 36.4 Å². The quantitative estimate of drug-likeness (QED) is 0.624. The van der Waals surface area contributed by atoms with E-state index in [1.165, 1.54) is 5.56 Å². The molecule has 3 aromatic rings. The van der Waals surface area contributed by atoms with E-state index in [0.29, 0.717) is 13.1 Å². The second-order valence-corrected chi connectivity index (χ2v) is 7.84. The van der Waals surface area contributed by atoms with E-state index in [4.69, 9.17) is 0 Å². The Bertz CT molecular complexity index is 1050. The van der Waals surface area contributed by atoms with E-state index >= 15 is 0 Å². The molecule has 1 aromatic heterocycles. The van der Waals surface area contributed by atoms with Crippen molar-refractivity contribution in [2.45, 2.75) is 37.6 Å². The van der Waals surface area contributed by atoms with Crippen molar-refractivity contribution in [2.24, 2.45) is 0 Å². The zero-order chi connectivity index (χ0) is 19.3. The van der Waals surface area contributed by atoms with Crippen LogP contribution in [0.15, 0.2) is 48.7 Å². The average molecular weight is 381 g/mol. The topological polar surface area (TPSA) is 48.1 Å². The van der Waals surface area contributed by atoms with E-state index in [2.05, 4.69) is 16.4 Å². The number of urea groups is 1. The van der Waals surface area contributed by atoms with Crippen LogP contribution in [0.1, 0.15) is 35.4 Å². The summed E-state index contributed by atoms with van der Waals surface area (Å²) in [6.07, 6.45) is 2.45. The summed E-state index contributed by atoms with van der Waals surface area (Å²) in [5.74, 6) is -2.54. The summed E-state index contributed by atoms with van der Waals surface area (Å²) >= 11 is 0. The minimum Gasteiger partial charge on any atom is -0.359 e. The molecule has 0 bridgehead atoms. The minimum absolute atomic E-state index is 0.0384. The number of rotatable bonds is 2. The highest BCUT2D eigenvalue weighted by molar-refractivity contribution is 6.01. The van der Waals surface area contributed by atoms with Crippen LogP contribution in [0.4, 0.5) is 19.3 Å². The SMILES string of the molecule is O=C(Nc1c[nH]c2ccccc12)N1CCc2cc(C3CC(F)(F)C3)ccc2C1. The number of carbonyl (C=O) groups excluding carboxylic acids is 1. The number of carbonyl (C=O) groups is 1. The van der Waals surface area contributed by atoms with E-state index in [1.807, 2.05) is 36.4 Å². The van der Waals surface area contributed by atoms with Gasteiger partial charge < -0.3 is 15.2 Å². The maximum atomic E-state index is 13.2. The van der Waals surface area contributed by atoms with Crippen molar-refractivity contribution in [1.29, 1.82) is 0 Å². The van der Waals surface area contributed by atoms with E-state index in [-0.39, 0.29) is 24.8 Å². The van der Waals surface area contributed by atoms with Crippen LogP contribution in [0, 0.1) is 0 Å². The van der Waals surface area contributed by atoms with Crippen LogP contribution >= 0.6 is 0 Å². The molecule has 2 amide bonds. The molecule has 0 unspecified atom stereocenters. The smallest absolute Gasteiger partial charge is 0.322 e. The number of anilines is 1. The van der Waals surface area contributed by atoms with E-state index in [9.17, 15) is 13.6 Å². The lowest BCUT2D eigenvalue weighted by molar-refractivity contribution is -0.0867. The summed E-state index contributed by atoms with van der Waals surface area (Å²) in [6.45, 7) is 1.15. The van der Waals surface area contributed by atoms with Gasteiger partial charge in [0.05, 0.1) is 5.69 Å². The Labute approximate surface area is 161 Å². The monoisotopic (exact) mass is 381 g/mol. The Balaban J connectivity index is 1.28. The second-order valence-electron chi connectivity index (χ2n) is 7.84. The molecule has 2 aromatic carbocycles. The minimum atomic E-state index is -2.50. The third-order valence-electron chi connectivity index (χ3n) is 5.92. The largest absolute Gasteiger partial charge is 0.359 e. The zero-order valence-electron chi connectivity index (χ0n) is 15.3. The molecule has 6 heteroatoms. The Morgan fingerprint density at radius 1 is 1.14 bits per heavy atom. The van der Waals surface area contributed by atoms with Gasteiger partial charge in [0, 0.05) is 43.0 Å². The number of aromatic amines is 1. The van der Waals surface area contributed by atoms with Gasteiger partial charge in [0.2, 0.25) is 5.92 Å². The number of H-pyrrole nitrogens is 1. The first-order chi connectivity index (χ1) is 13.5. The number of halogens is 2. The highest BCUT2D eigenvalue weighted by Crippen LogP contribution is 2.48. The van der Waals surface area contributed by atoms with E-state index in [1.54, 1.807) is 11.1 Å². The fourth-order valence-electron chi connectivity index (χ4n) is 4.27. The van der Waals surface area contributed by atoms with Crippen molar-refractivity contribution in [3.8, 4) is 0 Å². The van der Waals surface area contributed by atoms with Gasteiger partial charge in [-0.25, -0.2) is 13.6 Å². The summed E-state index contributed by atoms with van der Waals surface area (Å²) in [4.78, 5) is 17.7. The van der Waals surface area contributed by atoms with Crippen LogP contribution in [-0.2, 0) is 13.0 Å². The molecule has 2 N–H and O–H groups in total. The average Bonchev–Trinajstić information content (AvgIpc) is 3.08. The number of hydrogen-bond donors (Lipinski definition) is 2. The zero-order valence-corrected chi connectivity index (χ0v) is 15.3. The first-order valence-electron chi connectivity index (χ1n) is 9.60. The lowest BCUT2D eigenvalue weighted by Gasteiger charge is -2.36. The number of nitrogens with zero attached hydrogens (tertiary/aromatic N) is 1. The molecule has 0 saturated heterocycles. The normalized spacial score (nSPS) is 18.6. The van der Waals surface area contributed by atoms with Gasteiger partial charge in [0.1, 0.15) is 0 Å². The van der Waals surface area contributed by atoms with Gasteiger partial charge in [-0.2, -0.15) is 0 Å². The number of amides is 2. The lowest BCUT2D eigenvalue weighted by Crippen LogP contribution is -2.39. The Kier molecular flexibility index (Phi) is 3.89. The molecule has 0 atom stereocenters. The third-order valence-corrected chi connectivity index (χ3v) is 5.92. The van der Waals surface area contributed by atoms with Gasteiger partial charge in [-0.05, 0) is 35.1 Å². The molecule has 0 spiro atoms. The summed E-state index contributed by atoms with van der Waals surface area (Å²) in [5, 5.41) is 3.98. The molecule has 0 radical (unpaired) electrons. The van der Waals surface area contributed by atoms with Crippen molar-refractivity contribution < 1.29 is 13.6 Å². The van der Waals surface area contributed by atoms with Crippen LogP contribution in [0.5, 0.6) is 0 Å². The van der Waals surface area contributed by atoms with E-state index < -0.39 is 5.92 Å². The van der Waals surface area contributed by atoms with Crippen molar-refractivity contribution in [3.05, 3.63) is 65.4 Å². The number of fused-ring (bicyclic) bond motifs is 2. The molecule has 2 heterocycles. The van der Waals surface area contributed by atoms with Gasteiger partial charge in [-0.15, -0.1) is 0 Å². The fourth-order valence-corrected chi connectivity index (χ4v) is 4.27. The summed E-state index contributed by atoms with van der Waals surface area (Å²) < 4.78 is 26.3. The molecule has 1 fully saturated rings. The number of benzene rings is 2. The molecule has 1 aliphatic carbocycles. The number of aromatic nitrogens is 1. The Hall–Kier alpha value is -2.89. The van der Waals surface area contributed by atoms with Crippen LogP contribution in [0.2, 0.25) is 0 Å². The van der Waals surface area contributed by atoms with Crippen molar-refractivity contribution >= 4 is 22.6 Å². The Morgan fingerprint density at radius 3 is 2.79 bits per heavy atom. The maximum Gasteiger partial charge on any atom is 0.322 e. The molecule has 1 aliphatic heterocycles. The molecule has 1 saturated carbocycles. The molecule has 28 heavy (non-hydrogen) atoms. The standard InChI is InChI=1S/C22H21F2N3O/c23-22(24)10-17(11-22)14-5-6-16-13-27(8-7-15(16)9-14)21(28)26-20-12-25-19-4-2-1-3-18(19)20/h1-6,9,12,17,25H,7-8,10-11,13H2,(H,26,28). The maximum absolute atomic E-state index is 13.2. The number of alkyl halides is 2. The van der Waals surface area contributed by atoms with Crippen molar-refractivity contribution in [3.63, 3.8) is 0 Å². The first kappa shape index (κ1) is 17.2. The molecule has 144 valence electrons. The summed E-state index contributed by atoms with van der Waals surface area (Å²) in [6, 6.07) is 13.7. The first-order valence-corrected chi connectivity index (χ1v) is 9.60. The molecular weight excluding hydrogens is 360 g/mol. The number of nitrogens with one attached hydrogen (secondary N) is 2. The van der Waals surface area contributed by atoms with Crippen LogP contribution < -0.4 is 5.32 Å². The fraction of sp³-hybridized carbons (Fsp3) is 0.318. The van der Waals surface area contributed by atoms with Gasteiger partial charge in [0.15, 0.2) is 0 Å². The lowest BCUT2D eigenvalue weighted by atomic mass is 9.76. The molecule has 2 aliphatic rings. The van der Waals surface area contributed by atoms with Crippen molar-refractivity contribution in [1.82, 2.24) is 9.88 Å². The Morgan fingerprint density at radius 2 is 1.96 bits per heavy atom. The highest BCUT2D eigenvalue weighted by Gasteiger charge is 2.45. The van der Waals surface area contributed by atoms with Gasteiger partial charge in [0.25, 0.3) is 0 Å². The predicted molar refractivity (Wildman–Crippen MR) is 105 cm³/mol. The van der Waals surface area contributed by atoms with Crippen LogP contribution in [0.25, 0.3) is 10.9 Å². The van der Waals surface area contributed by atoms with Gasteiger partial charge in [-0.3, -0.25) is 0 Å². The summed E-state index contributed by atoms with van der Waals surface area (Å²) in [7, 11) is 0. The predicted octanol–water partition coefficient (Wildman–Crippen LogP) is 5.27.